The van der Waals surface area contributed by atoms with Crippen LogP contribution in [0.3, 0.4) is 0 Å². The zero-order valence-electron chi connectivity index (χ0n) is 10.3. The molecule has 0 aliphatic heterocycles. The lowest BCUT2D eigenvalue weighted by molar-refractivity contribution is -0.105. The van der Waals surface area contributed by atoms with Crippen LogP contribution in [0, 0.1) is 5.82 Å². The number of rotatable bonds is 7. The minimum absolute atomic E-state index is 0.252. The Labute approximate surface area is 102 Å². The highest BCUT2D eigenvalue weighted by atomic mass is 19.1. The molecule has 0 heterocycles. The van der Waals surface area contributed by atoms with Crippen LogP contribution >= 0.6 is 0 Å². The van der Waals surface area contributed by atoms with Crippen molar-refractivity contribution in [2.75, 3.05) is 0 Å². The maximum atomic E-state index is 12.7. The van der Waals surface area contributed by atoms with Crippen LogP contribution in [0.5, 0.6) is 0 Å². The third-order valence-electron chi connectivity index (χ3n) is 2.69. The molecule has 17 heavy (non-hydrogen) atoms. The van der Waals surface area contributed by atoms with Crippen LogP contribution in [0.1, 0.15) is 44.6 Å². The Morgan fingerprint density at radius 1 is 1.18 bits per heavy atom. The number of aldehydes is 1. The zero-order chi connectivity index (χ0) is 12.5. The summed E-state index contributed by atoms with van der Waals surface area (Å²) in [7, 11) is 0. The summed E-state index contributed by atoms with van der Waals surface area (Å²) in [6, 6.07) is 6.19. The zero-order valence-corrected chi connectivity index (χ0v) is 10.3. The Balaban J connectivity index is 2.54. The molecule has 1 aromatic rings. The Morgan fingerprint density at radius 3 is 2.47 bits per heavy atom. The van der Waals surface area contributed by atoms with Crippen LogP contribution in [0.4, 0.5) is 4.39 Å². The Morgan fingerprint density at radius 2 is 1.88 bits per heavy atom. The number of halogens is 1. The molecule has 0 amide bonds. The molecule has 2 heteroatoms. The number of hydrogen-bond donors (Lipinski definition) is 0. The van der Waals surface area contributed by atoms with Gasteiger partial charge in [0.1, 0.15) is 12.1 Å². The predicted octanol–water partition coefficient (Wildman–Crippen LogP) is 4.38. The molecule has 0 N–H and O–H groups in total. The van der Waals surface area contributed by atoms with Crippen molar-refractivity contribution < 1.29 is 9.18 Å². The van der Waals surface area contributed by atoms with Crippen molar-refractivity contribution in [2.45, 2.75) is 39.0 Å². The predicted molar refractivity (Wildman–Crippen MR) is 69.2 cm³/mol. The number of carbonyl (C=O) groups is 1. The Hall–Kier alpha value is -1.44. The van der Waals surface area contributed by atoms with Crippen molar-refractivity contribution in [1.29, 1.82) is 0 Å². The van der Waals surface area contributed by atoms with E-state index in [4.69, 9.17) is 0 Å². The van der Waals surface area contributed by atoms with E-state index in [1.165, 1.54) is 25.0 Å². The fourth-order valence-corrected chi connectivity index (χ4v) is 1.69. The summed E-state index contributed by atoms with van der Waals surface area (Å²) in [4.78, 5) is 10.9. The summed E-state index contributed by atoms with van der Waals surface area (Å²) >= 11 is 0. The normalized spacial score (nSPS) is 11.5. The summed E-state index contributed by atoms with van der Waals surface area (Å²) in [5.41, 5.74) is 1.66. The number of carbonyl (C=O) groups excluding carboxylic acids is 1. The molecule has 0 atom stereocenters. The molecule has 1 rings (SSSR count). The van der Waals surface area contributed by atoms with Gasteiger partial charge in [-0.25, -0.2) is 4.39 Å². The second-order valence-electron chi connectivity index (χ2n) is 4.20. The quantitative estimate of drug-likeness (QED) is 0.389. The summed E-state index contributed by atoms with van der Waals surface area (Å²) in [6.07, 6.45) is 8.14. The van der Waals surface area contributed by atoms with Gasteiger partial charge in [-0.05, 0) is 42.2 Å². The van der Waals surface area contributed by atoms with Crippen LogP contribution in [0.15, 0.2) is 29.8 Å². The van der Waals surface area contributed by atoms with Crippen molar-refractivity contribution in [2.24, 2.45) is 0 Å². The van der Waals surface area contributed by atoms with Gasteiger partial charge in [0, 0.05) is 0 Å². The first-order valence-electron chi connectivity index (χ1n) is 6.17. The van der Waals surface area contributed by atoms with Gasteiger partial charge >= 0.3 is 0 Å². The van der Waals surface area contributed by atoms with E-state index in [0.717, 1.165) is 36.7 Å². The second kappa shape index (κ2) is 7.77. The van der Waals surface area contributed by atoms with Crippen molar-refractivity contribution in [1.82, 2.24) is 0 Å². The fourth-order valence-electron chi connectivity index (χ4n) is 1.69. The van der Waals surface area contributed by atoms with E-state index >= 15 is 0 Å². The first-order chi connectivity index (χ1) is 8.26. The van der Waals surface area contributed by atoms with Gasteiger partial charge in [-0.3, -0.25) is 4.79 Å². The number of allylic oxidation sites excluding steroid dienone is 1. The standard InChI is InChI=1S/C15H19FO/c1-2-3-4-5-6-14(12-17)11-13-7-9-15(16)10-8-13/h7-12H,2-6H2,1H3. The van der Waals surface area contributed by atoms with E-state index in [1.54, 1.807) is 12.1 Å². The smallest absolute Gasteiger partial charge is 0.146 e. The van der Waals surface area contributed by atoms with Crippen LogP contribution in [-0.4, -0.2) is 6.29 Å². The third kappa shape index (κ3) is 5.43. The highest BCUT2D eigenvalue weighted by molar-refractivity contribution is 5.81. The molecule has 0 aliphatic rings. The monoisotopic (exact) mass is 234 g/mol. The third-order valence-corrected chi connectivity index (χ3v) is 2.69. The number of benzene rings is 1. The molecule has 0 bridgehead atoms. The first-order valence-corrected chi connectivity index (χ1v) is 6.17. The maximum Gasteiger partial charge on any atom is 0.146 e. The average Bonchev–Trinajstić information content (AvgIpc) is 2.35. The van der Waals surface area contributed by atoms with E-state index in [-0.39, 0.29) is 5.82 Å². The van der Waals surface area contributed by atoms with E-state index in [0.29, 0.717) is 0 Å². The average molecular weight is 234 g/mol. The molecule has 0 saturated carbocycles. The Bertz CT molecular complexity index is 365. The van der Waals surface area contributed by atoms with Crippen LogP contribution in [-0.2, 0) is 4.79 Å². The molecule has 1 aromatic carbocycles. The maximum absolute atomic E-state index is 12.7. The molecule has 0 aliphatic carbocycles. The van der Waals surface area contributed by atoms with Crippen molar-refractivity contribution in [3.63, 3.8) is 0 Å². The van der Waals surface area contributed by atoms with Gasteiger partial charge in [0.05, 0.1) is 0 Å². The van der Waals surface area contributed by atoms with Gasteiger partial charge in [-0.1, -0.05) is 38.3 Å². The highest BCUT2D eigenvalue weighted by Crippen LogP contribution is 2.13. The second-order valence-corrected chi connectivity index (χ2v) is 4.20. The minimum Gasteiger partial charge on any atom is -0.298 e. The lowest BCUT2D eigenvalue weighted by atomic mass is 10.0. The van der Waals surface area contributed by atoms with Gasteiger partial charge in [0.15, 0.2) is 0 Å². The lowest BCUT2D eigenvalue weighted by Crippen LogP contribution is -1.87. The molecule has 0 aromatic heterocycles. The van der Waals surface area contributed by atoms with Crippen molar-refractivity contribution in [3.8, 4) is 0 Å². The van der Waals surface area contributed by atoms with Crippen molar-refractivity contribution in [3.05, 3.63) is 41.2 Å². The van der Waals surface area contributed by atoms with Gasteiger partial charge in [-0.15, -0.1) is 0 Å². The SMILES string of the molecule is CCCCCCC(C=O)=Cc1ccc(F)cc1. The molecule has 92 valence electrons. The molecule has 1 nitrogen and oxygen atoms in total. The topological polar surface area (TPSA) is 17.1 Å². The summed E-state index contributed by atoms with van der Waals surface area (Å²) in [6.45, 7) is 2.16. The Kier molecular flexibility index (Phi) is 6.23. The van der Waals surface area contributed by atoms with Gasteiger partial charge in [0.25, 0.3) is 0 Å². The van der Waals surface area contributed by atoms with Gasteiger partial charge in [0.2, 0.25) is 0 Å². The fraction of sp³-hybridized carbons (Fsp3) is 0.400. The van der Waals surface area contributed by atoms with Gasteiger partial charge in [-0.2, -0.15) is 0 Å². The minimum atomic E-state index is -0.252. The van der Waals surface area contributed by atoms with Crippen LogP contribution in [0.2, 0.25) is 0 Å². The van der Waals surface area contributed by atoms with E-state index in [1.807, 2.05) is 6.08 Å². The molecule has 0 fully saturated rings. The van der Waals surface area contributed by atoms with E-state index in [9.17, 15) is 9.18 Å². The molecular formula is C15H19FO. The summed E-state index contributed by atoms with van der Waals surface area (Å²) in [5, 5.41) is 0. The first kappa shape index (κ1) is 13.6. The van der Waals surface area contributed by atoms with Gasteiger partial charge < -0.3 is 0 Å². The summed E-state index contributed by atoms with van der Waals surface area (Å²) < 4.78 is 12.7. The lowest BCUT2D eigenvalue weighted by Gasteiger charge is -2.00. The molecule has 0 saturated heterocycles. The van der Waals surface area contributed by atoms with Crippen LogP contribution in [0.25, 0.3) is 6.08 Å². The van der Waals surface area contributed by atoms with E-state index < -0.39 is 0 Å². The molecule has 0 unspecified atom stereocenters. The summed E-state index contributed by atoms with van der Waals surface area (Å²) in [5.74, 6) is -0.252. The molecule has 0 radical (unpaired) electrons. The molecule has 0 spiro atoms. The van der Waals surface area contributed by atoms with Crippen molar-refractivity contribution >= 4 is 12.4 Å². The van der Waals surface area contributed by atoms with E-state index in [2.05, 4.69) is 6.92 Å². The van der Waals surface area contributed by atoms with Crippen LogP contribution < -0.4 is 0 Å². The largest absolute Gasteiger partial charge is 0.298 e. The number of hydrogen-bond acceptors (Lipinski definition) is 1. The number of unbranched alkanes of at least 4 members (excludes halogenated alkanes) is 3. The highest BCUT2D eigenvalue weighted by Gasteiger charge is 1.97. The molecular weight excluding hydrogens is 215 g/mol.